The topological polar surface area (TPSA) is 142 Å². The van der Waals surface area contributed by atoms with Crippen LogP contribution in [0.15, 0.2) is 42.6 Å². The summed E-state index contributed by atoms with van der Waals surface area (Å²) in [5, 5.41) is 20.9. The monoisotopic (exact) mass is 659 g/mol. The van der Waals surface area contributed by atoms with Crippen LogP contribution in [0.25, 0.3) is 22.2 Å². The predicted octanol–water partition coefficient (Wildman–Crippen LogP) is 5.32. The van der Waals surface area contributed by atoms with Gasteiger partial charge < -0.3 is 25.6 Å². The lowest BCUT2D eigenvalue weighted by Gasteiger charge is -2.41. The first kappa shape index (κ1) is 30.1. The predicted molar refractivity (Wildman–Crippen MR) is 172 cm³/mol. The van der Waals surface area contributed by atoms with E-state index in [1.807, 2.05) is 10.9 Å². The molecule has 4 aliphatic rings. The molecule has 10 nitrogen and oxygen atoms in total. The molecule has 3 saturated carbocycles. The van der Waals surface area contributed by atoms with Crippen LogP contribution in [0.3, 0.4) is 0 Å². The molecule has 2 aromatic carbocycles. The van der Waals surface area contributed by atoms with Crippen LogP contribution in [0.1, 0.15) is 79.5 Å². The molecule has 2 atom stereocenters. The highest BCUT2D eigenvalue weighted by Crippen LogP contribution is 2.49. The van der Waals surface area contributed by atoms with Gasteiger partial charge in [-0.2, -0.15) is 5.10 Å². The third-order valence-corrected chi connectivity index (χ3v) is 10.4. The summed E-state index contributed by atoms with van der Waals surface area (Å²) in [5.74, 6) is -0.877. The van der Waals surface area contributed by atoms with Gasteiger partial charge in [-0.15, -0.1) is 0 Å². The van der Waals surface area contributed by atoms with Gasteiger partial charge >= 0.3 is 0 Å². The SMILES string of the molecule is C[C@]1(C(N)=O)COc2c1cc(C(O)(CNC(=O)c1cc(OC3CC3)c3nn(C4CC4)cc3c1)C1CCC1)nc2-c1ccc(F)c(Cl)c1. The summed E-state index contributed by atoms with van der Waals surface area (Å²) < 4.78 is 28.3. The van der Waals surface area contributed by atoms with Gasteiger partial charge in [-0.3, -0.25) is 14.3 Å². The number of carbonyl (C=O) groups is 2. The van der Waals surface area contributed by atoms with Crippen molar-refractivity contribution in [1.29, 1.82) is 0 Å². The fourth-order valence-corrected chi connectivity index (χ4v) is 6.71. The maximum Gasteiger partial charge on any atom is 0.251 e. The molecular formula is C35H35ClFN5O5. The third-order valence-electron chi connectivity index (χ3n) is 10.1. The minimum absolute atomic E-state index is 0.0195. The number of fused-ring (bicyclic) bond motifs is 2. The van der Waals surface area contributed by atoms with Gasteiger partial charge in [0.25, 0.3) is 5.91 Å². The minimum atomic E-state index is -1.60. The summed E-state index contributed by atoms with van der Waals surface area (Å²) in [6.07, 6.45) is 8.54. The Morgan fingerprint density at radius 3 is 2.64 bits per heavy atom. The Hall–Kier alpha value is -4.22. The number of pyridine rings is 1. The molecule has 3 aliphatic carbocycles. The fourth-order valence-electron chi connectivity index (χ4n) is 6.53. The van der Waals surface area contributed by atoms with E-state index in [-0.39, 0.29) is 41.8 Å². The summed E-state index contributed by atoms with van der Waals surface area (Å²) in [6.45, 7) is 1.52. The number of nitrogens with two attached hydrogens (primary N) is 1. The van der Waals surface area contributed by atoms with E-state index in [1.54, 1.807) is 25.1 Å². The number of rotatable bonds is 10. The Balaban J connectivity index is 1.16. The molecule has 2 aromatic heterocycles. The number of benzene rings is 2. The zero-order valence-corrected chi connectivity index (χ0v) is 26.6. The number of carbonyl (C=O) groups excluding carboxylic acids is 2. The molecule has 244 valence electrons. The quantitative estimate of drug-likeness (QED) is 0.209. The second-order valence-electron chi connectivity index (χ2n) is 13.7. The highest BCUT2D eigenvalue weighted by Gasteiger charge is 2.48. The van der Waals surface area contributed by atoms with E-state index in [2.05, 4.69) is 5.32 Å². The summed E-state index contributed by atoms with van der Waals surface area (Å²) in [4.78, 5) is 31.4. The number of aliphatic hydroxyl groups is 1. The first-order valence-electron chi connectivity index (χ1n) is 16.2. The summed E-state index contributed by atoms with van der Waals surface area (Å²) >= 11 is 6.15. The van der Waals surface area contributed by atoms with E-state index in [1.165, 1.54) is 18.2 Å². The lowest BCUT2D eigenvalue weighted by atomic mass is 9.70. The molecule has 4 N–H and O–H groups in total. The summed E-state index contributed by atoms with van der Waals surface area (Å²) in [7, 11) is 0. The second-order valence-corrected chi connectivity index (χ2v) is 14.1. The Labute approximate surface area is 275 Å². The molecule has 2 amide bonds. The van der Waals surface area contributed by atoms with Crippen LogP contribution >= 0.6 is 11.6 Å². The molecular weight excluding hydrogens is 625 g/mol. The van der Waals surface area contributed by atoms with Crippen LogP contribution in [-0.4, -0.2) is 50.9 Å². The molecule has 0 radical (unpaired) electrons. The number of primary amides is 1. The van der Waals surface area contributed by atoms with Gasteiger partial charge in [0.05, 0.1) is 29.4 Å². The molecule has 3 fully saturated rings. The van der Waals surface area contributed by atoms with Gasteiger partial charge in [0.2, 0.25) is 5.91 Å². The van der Waals surface area contributed by atoms with E-state index in [0.717, 1.165) is 55.8 Å². The molecule has 12 heteroatoms. The maximum absolute atomic E-state index is 14.1. The Kier molecular flexibility index (Phi) is 7.00. The van der Waals surface area contributed by atoms with Crippen molar-refractivity contribution in [2.24, 2.45) is 11.7 Å². The first-order chi connectivity index (χ1) is 22.5. The van der Waals surface area contributed by atoms with Crippen LogP contribution < -0.4 is 20.5 Å². The summed E-state index contributed by atoms with van der Waals surface area (Å²) in [5.41, 5.74) is 5.67. The Morgan fingerprint density at radius 1 is 1.19 bits per heavy atom. The number of nitrogens with zero attached hydrogens (tertiary/aromatic N) is 3. The van der Waals surface area contributed by atoms with Crippen molar-refractivity contribution in [3.63, 3.8) is 0 Å². The van der Waals surface area contributed by atoms with Gasteiger partial charge in [0.15, 0.2) is 0 Å². The molecule has 3 heterocycles. The number of ether oxygens (including phenoxy) is 2. The number of aromatic nitrogens is 3. The molecule has 0 saturated heterocycles. The molecule has 47 heavy (non-hydrogen) atoms. The number of hydrogen-bond acceptors (Lipinski definition) is 7. The molecule has 0 spiro atoms. The van der Waals surface area contributed by atoms with Crippen molar-refractivity contribution in [3.05, 3.63) is 70.3 Å². The molecule has 1 aliphatic heterocycles. The fraction of sp³-hybridized carbons (Fsp3) is 0.429. The first-order valence-corrected chi connectivity index (χ1v) is 16.6. The van der Waals surface area contributed by atoms with Crippen molar-refractivity contribution in [1.82, 2.24) is 20.1 Å². The zero-order valence-electron chi connectivity index (χ0n) is 25.9. The van der Waals surface area contributed by atoms with Gasteiger partial charge in [0, 0.05) is 28.3 Å². The number of nitrogens with one attached hydrogen (secondary N) is 1. The zero-order chi connectivity index (χ0) is 32.7. The van der Waals surface area contributed by atoms with Gasteiger partial charge in [-0.25, -0.2) is 9.37 Å². The maximum atomic E-state index is 14.1. The molecule has 8 rings (SSSR count). The average Bonchev–Trinajstić information content (AvgIpc) is 3.96. The van der Waals surface area contributed by atoms with E-state index in [9.17, 15) is 19.1 Å². The highest BCUT2D eigenvalue weighted by molar-refractivity contribution is 6.31. The minimum Gasteiger partial charge on any atom is -0.489 e. The third kappa shape index (κ3) is 5.20. The van der Waals surface area contributed by atoms with Crippen molar-refractivity contribution in [2.45, 2.75) is 75.0 Å². The second kappa shape index (κ2) is 10.9. The van der Waals surface area contributed by atoms with Crippen molar-refractivity contribution in [3.8, 4) is 22.8 Å². The van der Waals surface area contributed by atoms with Crippen LogP contribution in [0.2, 0.25) is 5.02 Å². The van der Waals surface area contributed by atoms with Gasteiger partial charge in [-0.05, 0) is 87.8 Å². The van der Waals surface area contributed by atoms with Crippen LogP contribution in [-0.2, 0) is 15.8 Å². The van der Waals surface area contributed by atoms with Crippen molar-refractivity contribution >= 4 is 34.3 Å². The Morgan fingerprint density at radius 2 is 1.98 bits per heavy atom. The highest BCUT2D eigenvalue weighted by atomic mass is 35.5. The van der Waals surface area contributed by atoms with Crippen LogP contribution in [0, 0.1) is 11.7 Å². The van der Waals surface area contributed by atoms with E-state index in [0.29, 0.717) is 39.9 Å². The summed E-state index contributed by atoms with van der Waals surface area (Å²) in [6, 6.07) is 9.74. The van der Waals surface area contributed by atoms with E-state index in [4.69, 9.17) is 36.9 Å². The Bertz CT molecular complexity index is 1950. The van der Waals surface area contributed by atoms with Gasteiger partial charge in [0.1, 0.15) is 46.1 Å². The molecule has 0 bridgehead atoms. The van der Waals surface area contributed by atoms with Crippen molar-refractivity contribution in [2.75, 3.05) is 13.2 Å². The van der Waals surface area contributed by atoms with Gasteiger partial charge in [-0.1, -0.05) is 18.0 Å². The standard InChI is InChI=1S/C35H35ClFN5O5/c1-34(33(38)44)17-46-31-24(34)14-28(40-30(31)18-5-10-26(37)25(36)12-18)35(45,21-3-2-4-21)16-39-32(43)19-11-20-15-42(22-6-7-22)41-29(20)27(13-19)47-23-8-9-23/h5,10-15,21-23,45H,2-4,6-9,16-17H2,1H3,(H2,38,44)(H,39,43)/t34-,35?/m0/s1. The number of halogens is 2. The average molecular weight is 660 g/mol. The normalized spacial score (nSPS) is 21.9. The van der Waals surface area contributed by atoms with Crippen LogP contribution in [0.5, 0.6) is 11.5 Å². The van der Waals surface area contributed by atoms with Crippen molar-refractivity contribution < 1.29 is 28.6 Å². The molecule has 1 unspecified atom stereocenters. The molecule has 4 aromatic rings. The number of hydrogen-bond donors (Lipinski definition) is 3. The number of amides is 2. The lowest BCUT2D eigenvalue weighted by molar-refractivity contribution is -0.123. The van der Waals surface area contributed by atoms with Crippen LogP contribution in [0.4, 0.5) is 4.39 Å². The van der Waals surface area contributed by atoms with E-state index < -0.39 is 22.7 Å². The van der Waals surface area contributed by atoms with E-state index >= 15 is 0 Å². The largest absolute Gasteiger partial charge is 0.489 e. The smallest absolute Gasteiger partial charge is 0.251 e. The lowest BCUT2D eigenvalue weighted by Crippen LogP contribution is -2.49.